The van der Waals surface area contributed by atoms with Gasteiger partial charge in [-0.3, -0.25) is 0 Å². The van der Waals surface area contributed by atoms with E-state index in [1.807, 2.05) is 24.3 Å². The van der Waals surface area contributed by atoms with Crippen molar-refractivity contribution < 1.29 is 9.47 Å². The van der Waals surface area contributed by atoms with Crippen molar-refractivity contribution in [3.8, 4) is 24.0 Å². The molecule has 0 N–H and O–H groups in total. The molecule has 4 heteroatoms. The maximum Gasteiger partial charge on any atom is 0.292 e. The summed E-state index contributed by atoms with van der Waals surface area (Å²) < 4.78 is 9.98. The molecule has 4 aliphatic carbocycles. The number of nitriles is 2. The third-order valence-corrected chi connectivity index (χ3v) is 7.61. The van der Waals surface area contributed by atoms with Gasteiger partial charge in [-0.15, -0.1) is 10.5 Å². The van der Waals surface area contributed by atoms with Crippen molar-refractivity contribution in [1.82, 2.24) is 0 Å². The molecule has 2 aromatic carbocycles. The molecule has 2 unspecified atom stereocenters. The molecule has 0 radical (unpaired) electrons. The van der Waals surface area contributed by atoms with Gasteiger partial charge in [-0.1, -0.05) is 31.2 Å². The average Bonchev–Trinajstić information content (AvgIpc) is 2.68. The Labute approximate surface area is 171 Å². The number of benzene rings is 2. The van der Waals surface area contributed by atoms with Crippen molar-refractivity contribution in [3.63, 3.8) is 0 Å². The second kappa shape index (κ2) is 6.26. The van der Waals surface area contributed by atoms with Crippen LogP contribution in [0.4, 0.5) is 0 Å². The van der Waals surface area contributed by atoms with Gasteiger partial charge in [0.15, 0.2) is 0 Å². The van der Waals surface area contributed by atoms with Gasteiger partial charge in [0.05, 0.1) is 0 Å². The third kappa shape index (κ3) is 2.87. The molecule has 6 rings (SSSR count). The van der Waals surface area contributed by atoms with Crippen LogP contribution in [0.25, 0.3) is 0 Å². The van der Waals surface area contributed by atoms with Crippen LogP contribution in [-0.4, -0.2) is 0 Å². The van der Waals surface area contributed by atoms with Gasteiger partial charge >= 0.3 is 0 Å². The second-order valence-corrected chi connectivity index (χ2v) is 9.82. The molecule has 4 aliphatic rings. The molecule has 4 fully saturated rings. The van der Waals surface area contributed by atoms with E-state index in [0.29, 0.717) is 16.9 Å². The van der Waals surface area contributed by atoms with Gasteiger partial charge in [-0.2, -0.15) is 0 Å². The van der Waals surface area contributed by atoms with E-state index in [0.717, 1.165) is 12.3 Å². The summed E-state index contributed by atoms with van der Waals surface area (Å²) >= 11 is 0. The van der Waals surface area contributed by atoms with Gasteiger partial charge in [-0.25, -0.2) is 0 Å². The molecule has 4 nitrogen and oxygen atoms in total. The number of ether oxygens (including phenoxy) is 2. The standard InChI is InChI=1S/C25H24N2O2/c1-23-10-18-11-24(13-23,19-2-6-21(7-3-19)28-16-26)15-25(12-18,14-23)20-4-8-22(9-5-20)29-17-27/h2-9,18H,10-15H2,1H3. The fraction of sp³-hybridized carbons (Fsp3) is 0.440. The zero-order valence-electron chi connectivity index (χ0n) is 16.6. The lowest BCUT2D eigenvalue weighted by atomic mass is 9.38. The molecule has 4 saturated carbocycles. The first-order valence-corrected chi connectivity index (χ1v) is 10.3. The number of hydrogen-bond donors (Lipinski definition) is 0. The number of hydrogen-bond acceptors (Lipinski definition) is 4. The lowest BCUT2D eigenvalue weighted by Gasteiger charge is -2.66. The highest BCUT2D eigenvalue weighted by atomic mass is 16.5. The molecule has 146 valence electrons. The molecular weight excluding hydrogens is 360 g/mol. The molecule has 2 aromatic rings. The molecule has 0 aromatic heterocycles. The first kappa shape index (κ1) is 18.1. The van der Waals surface area contributed by atoms with Crippen molar-refractivity contribution in [1.29, 1.82) is 10.5 Å². The summed E-state index contributed by atoms with van der Waals surface area (Å²) in [7, 11) is 0. The Morgan fingerprint density at radius 3 is 1.55 bits per heavy atom. The summed E-state index contributed by atoms with van der Waals surface area (Å²) in [6, 6.07) is 16.4. The third-order valence-electron chi connectivity index (χ3n) is 7.61. The first-order valence-electron chi connectivity index (χ1n) is 10.3. The van der Waals surface area contributed by atoms with Gasteiger partial charge < -0.3 is 9.47 Å². The summed E-state index contributed by atoms with van der Waals surface area (Å²) in [6.07, 6.45) is 10.9. The zero-order valence-corrected chi connectivity index (χ0v) is 16.6. The Kier molecular flexibility index (Phi) is 3.90. The van der Waals surface area contributed by atoms with Crippen molar-refractivity contribution in [2.45, 2.75) is 56.3 Å². The predicted octanol–water partition coefficient (Wildman–Crippen LogP) is 5.59. The van der Waals surface area contributed by atoms with Crippen LogP contribution in [0.3, 0.4) is 0 Å². The summed E-state index contributed by atoms with van der Waals surface area (Å²) in [5, 5.41) is 17.5. The maximum absolute atomic E-state index is 8.77. The van der Waals surface area contributed by atoms with Crippen LogP contribution in [0, 0.1) is 34.4 Å². The Balaban J connectivity index is 1.54. The van der Waals surface area contributed by atoms with Crippen molar-refractivity contribution in [2.24, 2.45) is 11.3 Å². The topological polar surface area (TPSA) is 66.0 Å². The number of rotatable bonds is 4. The highest BCUT2D eigenvalue weighted by Gasteiger charge is 2.62. The second-order valence-electron chi connectivity index (χ2n) is 9.82. The fourth-order valence-electron chi connectivity index (χ4n) is 7.42. The van der Waals surface area contributed by atoms with E-state index in [-0.39, 0.29) is 10.8 Å². The molecule has 0 heterocycles. The van der Waals surface area contributed by atoms with Gasteiger partial charge in [0.2, 0.25) is 0 Å². The van der Waals surface area contributed by atoms with Crippen LogP contribution in [0.2, 0.25) is 0 Å². The van der Waals surface area contributed by atoms with E-state index >= 15 is 0 Å². The molecule has 0 saturated heterocycles. The molecule has 0 amide bonds. The summed E-state index contributed by atoms with van der Waals surface area (Å²) in [5.74, 6) is 1.95. The molecule has 29 heavy (non-hydrogen) atoms. The van der Waals surface area contributed by atoms with Crippen LogP contribution in [-0.2, 0) is 10.8 Å². The molecule has 0 aliphatic heterocycles. The lowest BCUT2D eigenvalue weighted by molar-refractivity contribution is -0.0807. The van der Waals surface area contributed by atoms with E-state index in [1.165, 1.54) is 43.2 Å². The average molecular weight is 384 g/mol. The van der Waals surface area contributed by atoms with Gasteiger partial charge in [0.1, 0.15) is 11.5 Å². The predicted molar refractivity (Wildman–Crippen MR) is 108 cm³/mol. The largest absolute Gasteiger partial charge is 0.388 e. The van der Waals surface area contributed by atoms with E-state index < -0.39 is 0 Å². The number of nitrogens with zero attached hydrogens (tertiary/aromatic N) is 2. The van der Waals surface area contributed by atoms with E-state index in [2.05, 4.69) is 31.2 Å². The van der Waals surface area contributed by atoms with Crippen LogP contribution in [0.5, 0.6) is 11.5 Å². The van der Waals surface area contributed by atoms with Crippen LogP contribution < -0.4 is 9.47 Å². The first-order chi connectivity index (χ1) is 14.0. The fourth-order valence-corrected chi connectivity index (χ4v) is 7.42. The highest BCUT2D eigenvalue weighted by molar-refractivity contribution is 5.41. The van der Waals surface area contributed by atoms with E-state index in [4.69, 9.17) is 20.0 Å². The SMILES string of the molecule is CC12CC3CC(c4ccc(OC#N)cc4)(C1)CC(c1ccc(OC#N)cc1)(C3)C2. The molecular formula is C25H24N2O2. The van der Waals surface area contributed by atoms with Crippen LogP contribution >= 0.6 is 0 Å². The Morgan fingerprint density at radius 2 is 1.17 bits per heavy atom. The minimum atomic E-state index is 0.182. The summed E-state index contributed by atoms with van der Waals surface area (Å²) in [4.78, 5) is 0. The molecule has 0 spiro atoms. The minimum Gasteiger partial charge on any atom is -0.388 e. The minimum absolute atomic E-state index is 0.182. The van der Waals surface area contributed by atoms with Crippen molar-refractivity contribution in [2.75, 3.05) is 0 Å². The summed E-state index contributed by atoms with van der Waals surface area (Å²) in [6.45, 7) is 2.47. The zero-order chi connectivity index (χ0) is 20.1. The monoisotopic (exact) mass is 384 g/mol. The normalized spacial score (nSPS) is 34.2. The van der Waals surface area contributed by atoms with Crippen LogP contribution in [0.15, 0.2) is 48.5 Å². The maximum atomic E-state index is 8.77. The van der Waals surface area contributed by atoms with Crippen LogP contribution in [0.1, 0.15) is 56.6 Å². The Morgan fingerprint density at radius 1 is 0.724 bits per heavy atom. The van der Waals surface area contributed by atoms with Crippen molar-refractivity contribution in [3.05, 3.63) is 59.7 Å². The molecule has 4 bridgehead atoms. The van der Waals surface area contributed by atoms with Gasteiger partial charge in [0, 0.05) is 0 Å². The smallest absolute Gasteiger partial charge is 0.292 e. The van der Waals surface area contributed by atoms with E-state index in [9.17, 15) is 0 Å². The van der Waals surface area contributed by atoms with Gasteiger partial charge in [-0.05, 0) is 96.1 Å². The Bertz CT molecular complexity index is 937. The quantitative estimate of drug-likeness (QED) is 0.645. The van der Waals surface area contributed by atoms with Crippen molar-refractivity contribution >= 4 is 0 Å². The van der Waals surface area contributed by atoms with E-state index in [1.54, 1.807) is 12.5 Å². The summed E-state index contributed by atoms with van der Waals surface area (Å²) in [5.41, 5.74) is 3.48. The Hall–Kier alpha value is -2.98. The lowest BCUT2D eigenvalue weighted by Crippen LogP contribution is -2.59. The molecule has 2 atom stereocenters. The highest BCUT2D eigenvalue weighted by Crippen LogP contribution is 2.70. The van der Waals surface area contributed by atoms with Gasteiger partial charge in [0.25, 0.3) is 12.5 Å².